The summed E-state index contributed by atoms with van der Waals surface area (Å²) in [6, 6.07) is 5.22. The van der Waals surface area contributed by atoms with E-state index in [1.807, 2.05) is 25.1 Å². The molecule has 128 valence electrons. The fourth-order valence-corrected chi connectivity index (χ4v) is 2.68. The Balaban J connectivity index is 1.94. The molecule has 1 aromatic carbocycles. The molecule has 5 nitrogen and oxygen atoms in total. The van der Waals surface area contributed by atoms with Crippen LogP contribution in [0.1, 0.15) is 38.7 Å². The molecule has 0 unspecified atom stereocenters. The number of carbonyl (C=O) groups excluding carboxylic acids is 1. The number of hydrogen-bond acceptors (Lipinski definition) is 4. The topological polar surface area (TPSA) is 73.6 Å². The molecule has 1 aliphatic heterocycles. The van der Waals surface area contributed by atoms with E-state index in [0.29, 0.717) is 12.3 Å². The Hall–Kier alpha value is -1.59. The lowest BCUT2D eigenvalue weighted by atomic mass is 10.0. The first kappa shape index (κ1) is 17.8. The third-order valence-electron chi connectivity index (χ3n) is 3.97. The van der Waals surface area contributed by atoms with Gasteiger partial charge in [0.25, 0.3) is 0 Å². The van der Waals surface area contributed by atoms with E-state index in [4.69, 9.17) is 15.2 Å². The van der Waals surface area contributed by atoms with Crippen molar-refractivity contribution < 1.29 is 14.3 Å². The number of rotatable bonds is 6. The average Bonchev–Trinajstić information content (AvgIpc) is 2.50. The van der Waals surface area contributed by atoms with Crippen LogP contribution < -0.4 is 15.8 Å². The highest BCUT2D eigenvalue weighted by Crippen LogP contribution is 2.25. The van der Waals surface area contributed by atoms with Gasteiger partial charge in [0, 0.05) is 18.5 Å². The van der Waals surface area contributed by atoms with Crippen LogP contribution in [-0.4, -0.2) is 31.3 Å². The lowest BCUT2D eigenvalue weighted by Gasteiger charge is -2.24. The van der Waals surface area contributed by atoms with Crippen molar-refractivity contribution in [1.82, 2.24) is 0 Å². The minimum absolute atomic E-state index is 0.142. The molecule has 1 heterocycles. The van der Waals surface area contributed by atoms with E-state index in [1.165, 1.54) is 0 Å². The maximum absolute atomic E-state index is 12.1. The largest absolute Gasteiger partial charge is 0.490 e. The number of benzene rings is 1. The number of amides is 1. The van der Waals surface area contributed by atoms with Gasteiger partial charge in [0.15, 0.2) is 0 Å². The van der Waals surface area contributed by atoms with E-state index in [-0.39, 0.29) is 12.0 Å². The predicted molar refractivity (Wildman–Crippen MR) is 91.7 cm³/mol. The highest BCUT2D eigenvalue weighted by molar-refractivity contribution is 5.94. The van der Waals surface area contributed by atoms with Gasteiger partial charge in [0.2, 0.25) is 5.91 Å². The van der Waals surface area contributed by atoms with Gasteiger partial charge in [-0.15, -0.1) is 0 Å². The Morgan fingerprint density at radius 1 is 1.39 bits per heavy atom. The smallest absolute Gasteiger partial charge is 0.241 e. The highest BCUT2D eigenvalue weighted by atomic mass is 16.5. The van der Waals surface area contributed by atoms with Crippen LogP contribution in [-0.2, 0) is 9.53 Å². The Morgan fingerprint density at radius 3 is 2.70 bits per heavy atom. The quantitative estimate of drug-likeness (QED) is 0.845. The molecule has 0 spiro atoms. The molecule has 0 radical (unpaired) electrons. The summed E-state index contributed by atoms with van der Waals surface area (Å²) in [5.41, 5.74) is 7.67. The van der Waals surface area contributed by atoms with Gasteiger partial charge < -0.3 is 20.5 Å². The summed E-state index contributed by atoms with van der Waals surface area (Å²) in [6.45, 7) is 7.61. The van der Waals surface area contributed by atoms with Crippen LogP contribution in [0.4, 0.5) is 5.69 Å². The SMILES string of the molecule is Cc1cc(NC(=O)[C@@H](N)CC(C)C)ccc1OC1CCOCC1. The Bertz CT molecular complexity index is 525. The van der Waals surface area contributed by atoms with E-state index >= 15 is 0 Å². The van der Waals surface area contributed by atoms with E-state index in [0.717, 1.165) is 43.1 Å². The third kappa shape index (κ3) is 5.52. The van der Waals surface area contributed by atoms with Crippen LogP contribution in [0.15, 0.2) is 18.2 Å². The molecule has 1 atom stereocenters. The lowest BCUT2D eigenvalue weighted by molar-refractivity contribution is -0.117. The molecule has 1 aliphatic rings. The zero-order valence-corrected chi connectivity index (χ0v) is 14.3. The van der Waals surface area contributed by atoms with Gasteiger partial charge in [-0.2, -0.15) is 0 Å². The van der Waals surface area contributed by atoms with Crippen LogP contribution in [0.2, 0.25) is 0 Å². The number of hydrogen-bond donors (Lipinski definition) is 2. The van der Waals surface area contributed by atoms with Gasteiger partial charge in [-0.05, 0) is 43.0 Å². The second-order valence-electron chi connectivity index (χ2n) is 6.64. The Morgan fingerprint density at radius 2 is 2.09 bits per heavy atom. The van der Waals surface area contributed by atoms with Crippen molar-refractivity contribution in [3.63, 3.8) is 0 Å². The molecular weight excluding hydrogens is 292 g/mol. The number of aryl methyl sites for hydroxylation is 1. The van der Waals surface area contributed by atoms with E-state index in [2.05, 4.69) is 19.2 Å². The molecule has 1 fully saturated rings. The zero-order valence-electron chi connectivity index (χ0n) is 14.3. The number of carbonyl (C=O) groups is 1. The van der Waals surface area contributed by atoms with E-state index in [9.17, 15) is 4.79 Å². The number of ether oxygens (including phenoxy) is 2. The monoisotopic (exact) mass is 320 g/mol. The van der Waals surface area contributed by atoms with Crippen molar-refractivity contribution in [3.8, 4) is 5.75 Å². The maximum atomic E-state index is 12.1. The average molecular weight is 320 g/mol. The molecule has 3 N–H and O–H groups in total. The van der Waals surface area contributed by atoms with Crippen LogP contribution in [0.3, 0.4) is 0 Å². The first-order chi connectivity index (χ1) is 11.0. The lowest BCUT2D eigenvalue weighted by Crippen LogP contribution is -2.36. The van der Waals surface area contributed by atoms with Crippen molar-refractivity contribution in [2.75, 3.05) is 18.5 Å². The molecule has 0 aliphatic carbocycles. The molecule has 1 aromatic rings. The second kappa shape index (κ2) is 8.31. The van der Waals surface area contributed by atoms with Crippen LogP contribution in [0.25, 0.3) is 0 Å². The summed E-state index contributed by atoms with van der Waals surface area (Å²) < 4.78 is 11.4. The van der Waals surface area contributed by atoms with Crippen molar-refractivity contribution in [1.29, 1.82) is 0 Å². The van der Waals surface area contributed by atoms with Crippen LogP contribution in [0, 0.1) is 12.8 Å². The zero-order chi connectivity index (χ0) is 16.8. The number of nitrogens with two attached hydrogens (primary N) is 1. The second-order valence-corrected chi connectivity index (χ2v) is 6.64. The minimum Gasteiger partial charge on any atom is -0.490 e. The maximum Gasteiger partial charge on any atom is 0.241 e. The van der Waals surface area contributed by atoms with Crippen molar-refractivity contribution in [3.05, 3.63) is 23.8 Å². The predicted octanol–water partition coefficient (Wildman–Crippen LogP) is 2.86. The van der Waals surface area contributed by atoms with Gasteiger partial charge in [-0.3, -0.25) is 4.79 Å². The van der Waals surface area contributed by atoms with Gasteiger partial charge >= 0.3 is 0 Å². The van der Waals surface area contributed by atoms with Crippen LogP contribution in [0.5, 0.6) is 5.75 Å². The van der Waals surface area contributed by atoms with Crippen LogP contribution >= 0.6 is 0 Å². The van der Waals surface area contributed by atoms with E-state index < -0.39 is 6.04 Å². The third-order valence-corrected chi connectivity index (χ3v) is 3.97. The van der Waals surface area contributed by atoms with Gasteiger partial charge in [-0.25, -0.2) is 0 Å². The molecule has 1 saturated heterocycles. The summed E-state index contributed by atoms with van der Waals surface area (Å²) in [4.78, 5) is 12.1. The van der Waals surface area contributed by atoms with Crippen molar-refractivity contribution >= 4 is 11.6 Å². The molecule has 5 heteroatoms. The van der Waals surface area contributed by atoms with Gasteiger partial charge in [-0.1, -0.05) is 13.8 Å². The van der Waals surface area contributed by atoms with Gasteiger partial charge in [0.05, 0.1) is 19.3 Å². The molecule has 0 saturated carbocycles. The summed E-state index contributed by atoms with van der Waals surface area (Å²) in [5.74, 6) is 1.12. The standard InChI is InChI=1S/C18H28N2O3/c1-12(2)10-16(19)18(21)20-14-4-5-17(13(3)11-14)23-15-6-8-22-9-7-15/h4-5,11-12,15-16H,6-10,19H2,1-3H3,(H,20,21)/t16-/m0/s1. The summed E-state index contributed by atoms with van der Waals surface area (Å²) in [6.07, 6.45) is 2.72. The molecule has 23 heavy (non-hydrogen) atoms. The minimum atomic E-state index is -0.478. The Kier molecular flexibility index (Phi) is 6.42. The Labute approximate surface area is 138 Å². The summed E-state index contributed by atoms with van der Waals surface area (Å²) in [7, 11) is 0. The van der Waals surface area contributed by atoms with E-state index in [1.54, 1.807) is 0 Å². The number of nitrogens with one attached hydrogen (secondary N) is 1. The molecule has 1 amide bonds. The first-order valence-corrected chi connectivity index (χ1v) is 8.37. The van der Waals surface area contributed by atoms with Gasteiger partial charge in [0.1, 0.15) is 11.9 Å². The molecule has 0 aromatic heterocycles. The normalized spacial score (nSPS) is 17.1. The fourth-order valence-electron chi connectivity index (χ4n) is 2.68. The molecular formula is C18H28N2O3. The summed E-state index contributed by atoms with van der Waals surface area (Å²) in [5, 5.41) is 2.88. The number of anilines is 1. The summed E-state index contributed by atoms with van der Waals surface area (Å²) >= 11 is 0. The van der Waals surface area contributed by atoms with Crippen molar-refractivity contribution in [2.45, 2.75) is 52.2 Å². The highest BCUT2D eigenvalue weighted by Gasteiger charge is 2.17. The van der Waals surface area contributed by atoms with Crippen molar-refractivity contribution in [2.24, 2.45) is 11.7 Å². The molecule has 2 rings (SSSR count). The molecule has 0 bridgehead atoms. The first-order valence-electron chi connectivity index (χ1n) is 8.37. The fraction of sp³-hybridized carbons (Fsp3) is 0.611.